The minimum atomic E-state index is -0.207. The van der Waals surface area contributed by atoms with Crippen molar-refractivity contribution in [2.45, 2.75) is 6.42 Å². The number of amides is 1. The number of ether oxygens (including phenoxy) is 1. The predicted molar refractivity (Wildman–Crippen MR) is 60.5 cm³/mol. The molecule has 0 atom stereocenters. The number of carbonyl (C=O) groups excluding carboxylic acids is 1. The highest BCUT2D eigenvalue weighted by molar-refractivity contribution is 5.77. The van der Waals surface area contributed by atoms with Crippen LogP contribution in [0, 0.1) is 0 Å². The Morgan fingerprint density at radius 1 is 1.44 bits per heavy atom. The molecule has 0 saturated carbocycles. The summed E-state index contributed by atoms with van der Waals surface area (Å²) in [6, 6.07) is 7.18. The number of hydroxylamine groups is 1. The zero-order valence-electron chi connectivity index (χ0n) is 9.23. The maximum absolute atomic E-state index is 11.4. The number of hydrogen-bond donors (Lipinski definition) is 2. The van der Waals surface area contributed by atoms with Gasteiger partial charge in [0.15, 0.2) is 0 Å². The van der Waals surface area contributed by atoms with E-state index < -0.39 is 0 Å². The lowest BCUT2D eigenvalue weighted by Crippen LogP contribution is -2.26. The second-order valence-corrected chi connectivity index (χ2v) is 3.29. The molecule has 5 nitrogen and oxygen atoms in total. The van der Waals surface area contributed by atoms with Gasteiger partial charge in [0.25, 0.3) is 0 Å². The van der Waals surface area contributed by atoms with Crippen LogP contribution in [0.2, 0.25) is 0 Å². The van der Waals surface area contributed by atoms with Gasteiger partial charge in [0.2, 0.25) is 5.91 Å². The molecule has 0 spiro atoms. The highest BCUT2D eigenvalue weighted by Gasteiger charge is 2.03. The SMILES string of the molecule is COCCONC(=O)Cc1cccc(N)c1. The Morgan fingerprint density at radius 3 is 2.94 bits per heavy atom. The normalized spacial score (nSPS) is 10.1. The van der Waals surface area contributed by atoms with E-state index in [1.54, 1.807) is 19.2 Å². The van der Waals surface area contributed by atoms with Crippen molar-refractivity contribution in [3.8, 4) is 0 Å². The lowest BCUT2D eigenvalue weighted by Gasteiger charge is -2.05. The lowest BCUT2D eigenvalue weighted by molar-refractivity contribution is -0.133. The largest absolute Gasteiger partial charge is 0.399 e. The van der Waals surface area contributed by atoms with E-state index >= 15 is 0 Å². The summed E-state index contributed by atoms with van der Waals surface area (Å²) in [7, 11) is 1.57. The fourth-order valence-corrected chi connectivity index (χ4v) is 1.18. The summed E-state index contributed by atoms with van der Waals surface area (Å²) in [4.78, 5) is 16.3. The number of benzene rings is 1. The second kappa shape index (κ2) is 6.81. The third kappa shape index (κ3) is 4.77. The molecule has 0 radical (unpaired) electrons. The van der Waals surface area contributed by atoms with Gasteiger partial charge in [0.1, 0.15) is 0 Å². The molecule has 0 unspecified atom stereocenters. The number of hydrogen-bond acceptors (Lipinski definition) is 4. The third-order valence-corrected chi connectivity index (χ3v) is 1.89. The molecule has 3 N–H and O–H groups in total. The number of methoxy groups -OCH3 is 1. The molecule has 1 amide bonds. The smallest absolute Gasteiger partial charge is 0.247 e. The quantitative estimate of drug-likeness (QED) is 0.419. The van der Waals surface area contributed by atoms with Crippen LogP contribution in [0.15, 0.2) is 24.3 Å². The molecule has 1 rings (SSSR count). The highest BCUT2D eigenvalue weighted by Crippen LogP contribution is 2.06. The first-order chi connectivity index (χ1) is 7.72. The maximum atomic E-state index is 11.4. The number of nitrogen functional groups attached to an aromatic ring is 1. The van der Waals surface area contributed by atoms with Gasteiger partial charge in [-0.1, -0.05) is 12.1 Å². The summed E-state index contributed by atoms with van der Waals surface area (Å²) in [5, 5.41) is 0. The van der Waals surface area contributed by atoms with Crippen LogP contribution < -0.4 is 11.2 Å². The van der Waals surface area contributed by atoms with E-state index in [2.05, 4.69) is 5.48 Å². The van der Waals surface area contributed by atoms with Crippen molar-refractivity contribution in [1.29, 1.82) is 0 Å². The van der Waals surface area contributed by atoms with E-state index in [-0.39, 0.29) is 12.3 Å². The Bertz CT molecular complexity index is 342. The van der Waals surface area contributed by atoms with Gasteiger partial charge in [-0.15, -0.1) is 0 Å². The Kier molecular flexibility index (Phi) is 5.31. The summed E-state index contributed by atoms with van der Waals surface area (Å²) >= 11 is 0. The van der Waals surface area contributed by atoms with Crippen LogP contribution in [0.25, 0.3) is 0 Å². The zero-order valence-corrected chi connectivity index (χ0v) is 9.23. The molecule has 0 heterocycles. The third-order valence-electron chi connectivity index (χ3n) is 1.89. The summed E-state index contributed by atoms with van der Waals surface area (Å²) in [5.41, 5.74) is 9.42. The van der Waals surface area contributed by atoms with Gasteiger partial charge in [-0.2, -0.15) is 0 Å². The number of nitrogens with one attached hydrogen (secondary N) is 1. The first-order valence-electron chi connectivity index (χ1n) is 4.96. The number of nitrogens with two attached hydrogens (primary N) is 1. The number of anilines is 1. The van der Waals surface area contributed by atoms with Crippen molar-refractivity contribution in [1.82, 2.24) is 5.48 Å². The van der Waals surface area contributed by atoms with Gasteiger partial charge in [-0.25, -0.2) is 5.48 Å². The van der Waals surface area contributed by atoms with E-state index in [0.717, 1.165) is 5.56 Å². The highest BCUT2D eigenvalue weighted by atomic mass is 16.7. The molecule has 0 aromatic heterocycles. The minimum Gasteiger partial charge on any atom is -0.399 e. The zero-order chi connectivity index (χ0) is 11.8. The number of rotatable bonds is 6. The van der Waals surface area contributed by atoms with Crippen LogP contribution in [-0.2, 0) is 20.8 Å². The van der Waals surface area contributed by atoms with Gasteiger partial charge < -0.3 is 10.5 Å². The molecule has 16 heavy (non-hydrogen) atoms. The molecule has 0 bridgehead atoms. The fourth-order valence-electron chi connectivity index (χ4n) is 1.18. The molecule has 5 heteroatoms. The minimum absolute atomic E-state index is 0.207. The van der Waals surface area contributed by atoms with Crippen LogP contribution in [0.3, 0.4) is 0 Å². The van der Waals surface area contributed by atoms with Crippen molar-refractivity contribution < 1.29 is 14.4 Å². The molecular formula is C11H16N2O3. The average Bonchev–Trinajstić information content (AvgIpc) is 2.24. The van der Waals surface area contributed by atoms with Gasteiger partial charge >= 0.3 is 0 Å². The van der Waals surface area contributed by atoms with Crippen LogP contribution in [-0.4, -0.2) is 26.2 Å². The van der Waals surface area contributed by atoms with E-state index in [0.29, 0.717) is 18.9 Å². The first-order valence-corrected chi connectivity index (χ1v) is 4.96. The average molecular weight is 224 g/mol. The van der Waals surface area contributed by atoms with Crippen LogP contribution in [0.1, 0.15) is 5.56 Å². The predicted octanol–water partition coefficient (Wildman–Crippen LogP) is 0.505. The van der Waals surface area contributed by atoms with Crippen molar-refractivity contribution in [3.05, 3.63) is 29.8 Å². The molecule has 88 valence electrons. The maximum Gasteiger partial charge on any atom is 0.247 e. The summed E-state index contributed by atoms with van der Waals surface area (Å²) in [6.07, 6.45) is 0.248. The topological polar surface area (TPSA) is 73.6 Å². The monoisotopic (exact) mass is 224 g/mol. The Balaban J connectivity index is 2.29. The van der Waals surface area contributed by atoms with Crippen molar-refractivity contribution in [2.75, 3.05) is 26.1 Å². The van der Waals surface area contributed by atoms with Gasteiger partial charge in [0, 0.05) is 12.8 Å². The summed E-state index contributed by atoms with van der Waals surface area (Å²) in [5.74, 6) is -0.207. The van der Waals surface area contributed by atoms with Gasteiger partial charge in [0.05, 0.1) is 19.6 Å². The van der Waals surface area contributed by atoms with Crippen LogP contribution >= 0.6 is 0 Å². The van der Waals surface area contributed by atoms with Crippen molar-refractivity contribution in [3.63, 3.8) is 0 Å². The first kappa shape index (κ1) is 12.5. The molecule has 0 aliphatic rings. The molecular weight excluding hydrogens is 208 g/mol. The van der Waals surface area contributed by atoms with E-state index in [9.17, 15) is 4.79 Å². The summed E-state index contributed by atoms with van der Waals surface area (Å²) in [6.45, 7) is 0.776. The molecule has 1 aromatic carbocycles. The Labute approximate surface area is 94.5 Å². The molecule has 0 aliphatic carbocycles. The van der Waals surface area contributed by atoms with Crippen LogP contribution in [0.4, 0.5) is 5.69 Å². The van der Waals surface area contributed by atoms with Crippen molar-refractivity contribution in [2.24, 2.45) is 0 Å². The molecule has 1 aromatic rings. The van der Waals surface area contributed by atoms with Gasteiger partial charge in [-0.05, 0) is 17.7 Å². The van der Waals surface area contributed by atoms with Crippen LogP contribution in [0.5, 0.6) is 0 Å². The van der Waals surface area contributed by atoms with E-state index in [1.807, 2.05) is 12.1 Å². The fraction of sp³-hybridized carbons (Fsp3) is 0.364. The molecule has 0 saturated heterocycles. The molecule has 0 fully saturated rings. The lowest BCUT2D eigenvalue weighted by atomic mass is 10.1. The van der Waals surface area contributed by atoms with Gasteiger partial charge in [-0.3, -0.25) is 9.63 Å². The standard InChI is InChI=1S/C11H16N2O3/c1-15-5-6-16-13-11(14)8-9-3-2-4-10(12)7-9/h2-4,7H,5-6,8,12H2,1H3,(H,13,14). The van der Waals surface area contributed by atoms with E-state index in [4.69, 9.17) is 15.3 Å². The summed E-state index contributed by atoms with van der Waals surface area (Å²) < 4.78 is 4.76. The Morgan fingerprint density at radius 2 is 2.25 bits per heavy atom. The van der Waals surface area contributed by atoms with E-state index in [1.165, 1.54) is 0 Å². The molecule has 0 aliphatic heterocycles. The second-order valence-electron chi connectivity index (χ2n) is 3.29. The number of carbonyl (C=O) groups is 1. The van der Waals surface area contributed by atoms with Crippen molar-refractivity contribution >= 4 is 11.6 Å². The Hall–Kier alpha value is -1.59.